The van der Waals surface area contributed by atoms with Crippen LogP contribution in [-0.2, 0) is 47.6 Å². The van der Waals surface area contributed by atoms with Crippen LogP contribution >= 0.6 is 11.3 Å². The first-order chi connectivity index (χ1) is 38.7. The molecule has 0 aliphatic heterocycles. The van der Waals surface area contributed by atoms with Gasteiger partial charge in [-0.3, -0.25) is 9.59 Å². The Morgan fingerprint density at radius 3 is 1.35 bits per heavy atom. The molecular weight excluding hydrogens is 1040 g/mol. The molecule has 420 valence electrons. The minimum Gasteiger partial charge on any atom is -0.492 e. The number of nitrogens with zero attached hydrogens (tertiary/aromatic N) is 2. The number of rotatable bonds is 33. The fourth-order valence-electron chi connectivity index (χ4n) is 8.75. The maximum atomic E-state index is 13.2. The number of carbonyl (C=O) groups is 4. The second-order valence-electron chi connectivity index (χ2n) is 18.7. The molecule has 4 aromatic carbocycles. The summed E-state index contributed by atoms with van der Waals surface area (Å²) in [7, 11) is 0. The molecular formula is C60H68N2O16S. The Hall–Kier alpha value is -7.34. The fraction of sp³-hybridized carbons (Fsp3) is 0.433. The molecule has 79 heavy (non-hydrogen) atoms. The van der Waals surface area contributed by atoms with Crippen LogP contribution in [0.3, 0.4) is 0 Å². The summed E-state index contributed by atoms with van der Waals surface area (Å²) in [5.41, 5.74) is 2.15. The number of aromatic nitrogens is 1. The zero-order valence-electron chi connectivity index (χ0n) is 44.4. The smallest absolute Gasteiger partial charge is 0.330 e. The predicted molar refractivity (Wildman–Crippen MR) is 292 cm³/mol. The Morgan fingerprint density at radius 2 is 0.911 bits per heavy atom. The molecule has 0 N–H and O–H groups in total. The summed E-state index contributed by atoms with van der Waals surface area (Å²) in [6.45, 7) is 11.4. The third-order valence-corrected chi connectivity index (χ3v) is 14.3. The molecule has 2 aliphatic carbocycles. The lowest BCUT2D eigenvalue weighted by Gasteiger charge is -2.27. The number of esters is 4. The summed E-state index contributed by atoms with van der Waals surface area (Å²) >= 11 is 1.51. The zero-order valence-corrected chi connectivity index (χ0v) is 45.2. The van der Waals surface area contributed by atoms with Gasteiger partial charge in [-0.25, -0.2) is 14.6 Å². The lowest BCUT2D eigenvalue weighted by atomic mass is 9.82. The van der Waals surface area contributed by atoms with E-state index in [0.717, 1.165) is 53.1 Å². The first kappa shape index (κ1) is 59.3. The molecule has 0 spiro atoms. The monoisotopic (exact) mass is 1100 g/mol. The van der Waals surface area contributed by atoms with Gasteiger partial charge in [-0.1, -0.05) is 25.3 Å². The first-order valence-electron chi connectivity index (χ1n) is 26.7. The molecule has 0 saturated heterocycles. The lowest BCUT2D eigenvalue weighted by Crippen LogP contribution is -2.27. The molecule has 0 amide bonds. The highest BCUT2D eigenvalue weighted by molar-refractivity contribution is 7.22. The van der Waals surface area contributed by atoms with Crippen molar-refractivity contribution in [1.82, 2.24) is 4.98 Å². The second-order valence-corrected chi connectivity index (χ2v) is 19.7. The van der Waals surface area contributed by atoms with Crippen LogP contribution in [-0.4, -0.2) is 121 Å². The number of fused-ring (bicyclic) bond motifs is 1. The lowest BCUT2D eigenvalue weighted by molar-refractivity contribution is -0.141. The van der Waals surface area contributed by atoms with Gasteiger partial charge in [0.1, 0.15) is 76.1 Å². The number of hydrogen-bond acceptors (Lipinski definition) is 19. The largest absolute Gasteiger partial charge is 0.492 e. The van der Waals surface area contributed by atoms with Gasteiger partial charge >= 0.3 is 23.9 Å². The fourth-order valence-corrected chi connectivity index (χ4v) is 9.81. The van der Waals surface area contributed by atoms with Gasteiger partial charge in [0, 0.05) is 17.7 Å². The van der Waals surface area contributed by atoms with Crippen LogP contribution in [0.2, 0.25) is 0 Å². The number of nitriles is 1. The molecule has 0 unspecified atom stereocenters. The van der Waals surface area contributed by atoms with Gasteiger partial charge in [-0.05, 0) is 136 Å². The third kappa shape index (κ3) is 19.8. The summed E-state index contributed by atoms with van der Waals surface area (Å²) in [5, 5.41) is 10.2. The first-order valence-corrected chi connectivity index (χ1v) is 27.5. The van der Waals surface area contributed by atoms with Crippen LogP contribution in [0.4, 0.5) is 0 Å². The summed E-state index contributed by atoms with van der Waals surface area (Å²) in [6, 6.07) is 27.3. The molecule has 1 aromatic heterocycles. The van der Waals surface area contributed by atoms with Crippen molar-refractivity contribution < 1.29 is 76.0 Å². The van der Waals surface area contributed by atoms with E-state index in [1.165, 1.54) is 11.3 Å². The molecule has 7 rings (SSSR count). The highest BCUT2D eigenvalue weighted by Crippen LogP contribution is 2.42. The number of thiazole rings is 1. The van der Waals surface area contributed by atoms with Gasteiger partial charge in [0.05, 0.1) is 89.5 Å². The number of benzene rings is 4. The summed E-state index contributed by atoms with van der Waals surface area (Å²) < 4.78 is 68.3. The maximum absolute atomic E-state index is 13.2. The van der Waals surface area contributed by atoms with E-state index in [0.29, 0.717) is 137 Å². The van der Waals surface area contributed by atoms with Crippen molar-refractivity contribution in [3.05, 3.63) is 116 Å². The van der Waals surface area contributed by atoms with E-state index in [1.807, 2.05) is 24.3 Å². The molecule has 19 heteroatoms. The second kappa shape index (κ2) is 32.5. The maximum Gasteiger partial charge on any atom is 0.330 e. The minimum atomic E-state index is -0.487. The molecule has 2 saturated carbocycles. The quantitative estimate of drug-likeness (QED) is 0.0165. The topological polar surface area (TPSA) is 216 Å². The molecule has 18 nitrogen and oxygen atoms in total. The molecule has 0 bridgehead atoms. The Morgan fingerprint density at radius 1 is 0.506 bits per heavy atom. The number of carbonyl (C=O) groups excluding carboxylic acids is 4. The van der Waals surface area contributed by atoms with Crippen molar-refractivity contribution >= 4 is 45.4 Å². The highest BCUT2D eigenvalue weighted by atomic mass is 32.1. The Kier molecular flexibility index (Phi) is 24.4. The Labute approximate surface area is 464 Å². The summed E-state index contributed by atoms with van der Waals surface area (Å²) in [4.78, 5) is 53.5. The van der Waals surface area contributed by atoms with Crippen molar-refractivity contribution in [2.24, 2.45) is 23.7 Å². The van der Waals surface area contributed by atoms with E-state index in [4.69, 9.17) is 61.8 Å². The Bertz CT molecular complexity index is 2600. The molecule has 2 aliphatic rings. The van der Waals surface area contributed by atoms with Crippen LogP contribution in [0.5, 0.6) is 34.5 Å². The van der Waals surface area contributed by atoms with E-state index in [1.54, 1.807) is 60.7 Å². The molecule has 0 atom stereocenters. The van der Waals surface area contributed by atoms with Crippen molar-refractivity contribution in [2.75, 3.05) is 92.5 Å². The van der Waals surface area contributed by atoms with E-state index in [2.05, 4.69) is 19.2 Å². The van der Waals surface area contributed by atoms with Gasteiger partial charge in [-0.2, -0.15) is 5.26 Å². The average molecular weight is 1110 g/mol. The average Bonchev–Trinajstić information content (AvgIpc) is 3.98. The van der Waals surface area contributed by atoms with Gasteiger partial charge in [0.2, 0.25) is 0 Å². The number of ether oxygens (including phenoxy) is 12. The Balaban J connectivity index is 0.810. The highest BCUT2D eigenvalue weighted by Gasteiger charge is 2.30. The van der Waals surface area contributed by atoms with E-state index in [-0.39, 0.29) is 62.0 Å². The van der Waals surface area contributed by atoms with Crippen LogP contribution in [0.25, 0.3) is 20.8 Å². The normalized spacial score (nSPS) is 16.9. The molecule has 1 heterocycles. The summed E-state index contributed by atoms with van der Waals surface area (Å²) in [5.74, 6) is 2.13. The van der Waals surface area contributed by atoms with Gasteiger partial charge in [0.15, 0.2) is 0 Å². The van der Waals surface area contributed by atoms with Crippen molar-refractivity contribution in [2.45, 2.75) is 51.4 Å². The van der Waals surface area contributed by atoms with Crippen LogP contribution in [0, 0.1) is 35.0 Å². The molecule has 5 aromatic rings. The van der Waals surface area contributed by atoms with Crippen molar-refractivity contribution in [1.29, 1.82) is 5.26 Å². The summed E-state index contributed by atoms with van der Waals surface area (Å²) in [6.07, 6.45) is 8.22. The van der Waals surface area contributed by atoms with Crippen molar-refractivity contribution in [3.63, 3.8) is 0 Å². The van der Waals surface area contributed by atoms with Crippen LogP contribution in [0.15, 0.2) is 110 Å². The van der Waals surface area contributed by atoms with Crippen molar-refractivity contribution in [3.8, 4) is 51.1 Å². The predicted octanol–water partition coefficient (Wildman–Crippen LogP) is 9.70. The van der Waals surface area contributed by atoms with E-state index in [9.17, 15) is 24.4 Å². The van der Waals surface area contributed by atoms with Gasteiger partial charge < -0.3 is 56.8 Å². The zero-order chi connectivity index (χ0) is 55.4. The molecule has 0 radical (unpaired) electrons. The van der Waals surface area contributed by atoms with Gasteiger partial charge in [-0.15, -0.1) is 11.3 Å². The van der Waals surface area contributed by atoms with E-state index >= 15 is 0 Å². The van der Waals surface area contributed by atoms with Crippen LogP contribution in [0.1, 0.15) is 56.9 Å². The molecule has 2 fully saturated rings. The third-order valence-electron chi connectivity index (χ3n) is 13.1. The SMILES string of the molecule is C=CC(=O)OCCOCCOCCOc1ccc(OC(=O)C2CCC(COc3ccc(OCC4CCC(C(=O)Oc5ccc(OCCOCCOCCOC(=O)C=C)cc5)CC4)c4sc(-c5ccc(C#N)cc5)nc34)CC2)cc1. The van der Waals surface area contributed by atoms with Crippen LogP contribution < -0.4 is 28.4 Å². The number of hydrogen-bond donors (Lipinski definition) is 0. The standard InChI is InChI=1S/C60H68N2O16S/c1-3-54(63)73-37-33-69-29-27-67-31-35-71-48-17-21-50(22-18-48)77-59(65)46-13-7-43(8-14-46)40-75-52-25-26-53(57-56(52)62-58(79-57)45-11-5-42(39-61)6-12-45)76-41-44-9-15-47(16-10-44)60(66)78-51-23-19-49(20-24-51)72-36-32-68-28-30-70-34-38-74-55(64)4-2/h3-6,11-12,17-26,43-44,46-47H,1-2,7-10,13-16,27-38,40-41H2. The van der Waals surface area contributed by atoms with E-state index < -0.39 is 11.9 Å². The van der Waals surface area contributed by atoms with Gasteiger partial charge in [0.25, 0.3) is 0 Å². The minimum absolute atomic E-state index is 0.156.